The third kappa shape index (κ3) is 34.8. The summed E-state index contributed by atoms with van der Waals surface area (Å²) in [7, 11) is 0. The molecular weight excluding hydrogens is 906 g/mol. The van der Waals surface area contributed by atoms with E-state index >= 15 is 0 Å². The summed E-state index contributed by atoms with van der Waals surface area (Å²) in [4.78, 5) is 55.1. The number of para-hydroxylation sites is 2. The molecule has 0 aliphatic carbocycles. The van der Waals surface area contributed by atoms with Gasteiger partial charge in [0.1, 0.15) is 11.5 Å². The number of aromatic nitrogens is 4. The van der Waals surface area contributed by atoms with Crippen LogP contribution in [-0.4, -0.2) is 110 Å². The van der Waals surface area contributed by atoms with Crippen molar-refractivity contribution in [3.8, 4) is 11.5 Å². The molecule has 28 heteroatoms. The number of aromatic amines is 2. The van der Waals surface area contributed by atoms with Crippen LogP contribution in [-0.2, 0) is 89.0 Å². The van der Waals surface area contributed by atoms with Gasteiger partial charge in [0.05, 0.1) is 48.1 Å². The van der Waals surface area contributed by atoms with Gasteiger partial charge in [-0.25, -0.2) is 9.97 Å². The molecule has 60 heavy (non-hydrogen) atoms. The minimum absolute atomic E-state index is 0. The number of imidazole rings is 2. The summed E-state index contributed by atoms with van der Waals surface area (Å²) in [5.74, 6) is -4.41. The van der Waals surface area contributed by atoms with E-state index in [4.69, 9.17) is 0 Å². The van der Waals surface area contributed by atoms with Crippen molar-refractivity contribution in [2.24, 2.45) is 0 Å². The van der Waals surface area contributed by atoms with Crippen LogP contribution in [0, 0.1) is 0 Å². The number of hydrogen-bond donors (Lipinski definition) is 6. The fourth-order valence-electron chi connectivity index (χ4n) is 4.03. The fourth-order valence-corrected chi connectivity index (χ4v) is 4.03. The average molecular weight is 964 g/mol. The Morgan fingerprint density at radius 2 is 0.867 bits per heavy atom. The molecule has 26 nitrogen and oxygen atoms in total. The number of phenols is 2. The second-order valence-corrected chi connectivity index (χ2v) is 10.2. The summed E-state index contributed by atoms with van der Waals surface area (Å²) in [6.45, 7) is 0.492. The van der Waals surface area contributed by atoms with Crippen molar-refractivity contribution in [3.63, 3.8) is 0 Å². The van der Waals surface area contributed by atoms with Gasteiger partial charge < -0.3 is 125 Å². The Bertz CT molecular complexity index is 1460. The molecule has 0 saturated carbocycles. The zero-order valence-electron chi connectivity index (χ0n) is 31.6. The molecule has 2 aromatic carbocycles. The maximum absolute atomic E-state index is 11.1. The van der Waals surface area contributed by atoms with E-state index in [1.165, 1.54) is 12.7 Å². The number of unbranched alkanes of at least 4 members (excludes halogenated alkanes) is 1. The first-order chi connectivity index (χ1) is 23.0. The van der Waals surface area contributed by atoms with Crippen molar-refractivity contribution < 1.29 is 138 Å². The standard InChI is InChI=1S/2C13H15N3O3.C6H10O4.2Ni.10H2O/c2*17-12-4-2-1-3-9(12)6-15-11(13(18)19)5-10-7-14-8-16-10;7-5(8)3-1-2-4-6(9)10;;;;;;;;;;;;/h2*1-4,7-8,11,15,17H,5-6H2,(H,14,16)(H,18,19);1-4H2,(H,7,8)(H,9,10);;;10*1H2/q;;;2*+3;;;;;;;;;;/p-2/t2*11-;;;;;;;;;;;;;/m00............./s1. The fraction of sp³-hybridized carbons (Fsp3) is 0.312. The molecule has 0 unspecified atom stereocenters. The number of nitrogens with one attached hydrogen (secondary N) is 4. The van der Waals surface area contributed by atoms with Crippen molar-refractivity contribution >= 4 is 23.9 Å². The second-order valence-electron chi connectivity index (χ2n) is 10.2. The van der Waals surface area contributed by atoms with Crippen LogP contribution in [0.3, 0.4) is 0 Å². The second kappa shape index (κ2) is 46.5. The predicted molar refractivity (Wildman–Crippen MR) is 199 cm³/mol. The zero-order chi connectivity index (χ0) is 35.3. The molecule has 352 valence electrons. The van der Waals surface area contributed by atoms with Gasteiger partial charge in [-0.1, -0.05) is 36.4 Å². The van der Waals surface area contributed by atoms with Crippen LogP contribution in [0.15, 0.2) is 73.6 Å². The molecule has 4 aromatic rings. The molecule has 0 aliphatic rings. The molecule has 2 atom stereocenters. The van der Waals surface area contributed by atoms with Crippen LogP contribution in [0.2, 0.25) is 0 Å². The maximum atomic E-state index is 11.1. The molecule has 0 saturated heterocycles. The average Bonchev–Trinajstić information content (AvgIpc) is 3.76. The van der Waals surface area contributed by atoms with Crippen molar-refractivity contribution in [3.05, 3.63) is 96.1 Å². The summed E-state index contributed by atoms with van der Waals surface area (Å²) in [5.41, 5.74) is 2.55. The third-order valence-corrected chi connectivity index (χ3v) is 6.58. The molecule has 0 spiro atoms. The molecule has 28 N–H and O–H groups in total. The van der Waals surface area contributed by atoms with Gasteiger partial charge in [-0.2, -0.15) is 0 Å². The first kappa shape index (κ1) is 82.7. The monoisotopic (exact) mass is 962 g/mol. The van der Waals surface area contributed by atoms with Crippen molar-refractivity contribution in [1.82, 2.24) is 30.6 Å². The number of aliphatic carboxylic acids is 4. The van der Waals surface area contributed by atoms with Crippen LogP contribution in [0.25, 0.3) is 0 Å². The molecule has 0 aliphatic heterocycles. The number of rotatable bonds is 17. The van der Waals surface area contributed by atoms with Gasteiger partial charge >= 0.3 is 33.0 Å². The van der Waals surface area contributed by atoms with Crippen LogP contribution in [0.4, 0.5) is 0 Å². The van der Waals surface area contributed by atoms with Gasteiger partial charge in [0.2, 0.25) is 0 Å². The number of carboxylic acids is 4. The van der Waals surface area contributed by atoms with E-state index in [1.54, 1.807) is 60.9 Å². The van der Waals surface area contributed by atoms with E-state index < -0.39 is 36.0 Å². The van der Waals surface area contributed by atoms with Gasteiger partial charge in [-0.05, 0) is 37.8 Å². The molecule has 0 fully saturated rings. The Hall–Kier alpha value is -5.15. The number of carbonyl (C=O) groups excluding carboxylic acids is 4. The Labute approximate surface area is 362 Å². The number of phenolic OH excluding ortho intramolecular Hbond substituents is 2. The van der Waals surface area contributed by atoms with Crippen molar-refractivity contribution in [1.29, 1.82) is 0 Å². The summed E-state index contributed by atoms with van der Waals surface area (Å²) in [6.07, 6.45) is 7.23. The molecule has 0 bridgehead atoms. The summed E-state index contributed by atoms with van der Waals surface area (Å²) >= 11 is 0. The maximum Gasteiger partial charge on any atom is 3.00 e. The number of aromatic hydroxyl groups is 2. The SMILES string of the molecule is O.O.O.O.O.O.O.O.O=C([O-])CCCCC(=O)[O-].O=C([O-])[C@H](Cc1c[nH]cn1)NCc1ccccc1O.O=C([O-])[C@H](Cc1c[nH]cn1)NCc1ccccc1O.[Ni+3].[Ni+3].[OH3+].[OH3+]. The smallest absolute Gasteiger partial charge is 0.550 e. The van der Waals surface area contributed by atoms with Gasteiger partial charge in [-0.15, -0.1) is 0 Å². The minimum atomic E-state index is -1.20. The number of carbonyl (C=O) groups is 4. The summed E-state index contributed by atoms with van der Waals surface area (Å²) in [6, 6.07) is 11.8. The topological polar surface area (TPSA) is 600 Å². The van der Waals surface area contributed by atoms with E-state index in [0.29, 0.717) is 35.4 Å². The molecule has 4 rings (SSSR count). The largest absolute Gasteiger partial charge is 3.00 e. The van der Waals surface area contributed by atoms with Gasteiger partial charge in [0.15, 0.2) is 0 Å². The number of nitrogens with zero attached hydrogens (tertiary/aromatic N) is 2. The number of benzene rings is 2. The zero-order valence-corrected chi connectivity index (χ0v) is 33.6. The molecule has 0 amide bonds. The molecule has 2 radical (unpaired) electrons. The van der Waals surface area contributed by atoms with E-state index in [-0.39, 0.29) is 138 Å². The summed E-state index contributed by atoms with van der Waals surface area (Å²) in [5, 5.41) is 66.5. The predicted octanol–water partition coefficient (Wildman–Crippen LogP) is -11.3. The van der Waals surface area contributed by atoms with Crippen molar-refractivity contribution in [2.45, 2.75) is 63.7 Å². The van der Waals surface area contributed by atoms with E-state index in [1.807, 2.05) is 0 Å². The summed E-state index contributed by atoms with van der Waals surface area (Å²) < 4.78 is 0. The quantitative estimate of drug-likeness (QED) is 0.0325. The Balaban J connectivity index is -0.0000000629. The number of carboxylic acid groups (broad SMARTS) is 4. The molecule has 2 aromatic heterocycles. The van der Waals surface area contributed by atoms with Crippen LogP contribution >= 0.6 is 0 Å². The van der Waals surface area contributed by atoms with Gasteiger partial charge in [-0.3, -0.25) is 0 Å². The van der Waals surface area contributed by atoms with Crippen LogP contribution < -0.4 is 31.1 Å². The molecule has 2 heterocycles. The first-order valence-corrected chi connectivity index (χ1v) is 14.7. The Morgan fingerprint density at radius 1 is 0.567 bits per heavy atom. The van der Waals surface area contributed by atoms with Crippen LogP contribution in [0.1, 0.15) is 48.2 Å². The Morgan fingerprint density at radius 3 is 1.10 bits per heavy atom. The van der Waals surface area contributed by atoms with Crippen LogP contribution in [0.5, 0.6) is 11.5 Å². The van der Waals surface area contributed by atoms with Gasteiger partial charge in [0.25, 0.3) is 0 Å². The van der Waals surface area contributed by atoms with Gasteiger partial charge in [0, 0.05) is 61.4 Å². The van der Waals surface area contributed by atoms with E-state index in [9.17, 15) is 49.8 Å². The normalized spacial score (nSPS) is 9.27. The van der Waals surface area contributed by atoms with E-state index in [0.717, 1.165) is 0 Å². The van der Waals surface area contributed by atoms with Crippen molar-refractivity contribution in [2.75, 3.05) is 0 Å². The number of hydrogen-bond acceptors (Lipinski definition) is 14. The molecular formula is C32H58N6Ni2O20+4. The Kier molecular flexibility index (Phi) is 64.2. The first-order valence-electron chi connectivity index (χ1n) is 14.7. The minimum Gasteiger partial charge on any atom is -0.550 e. The third-order valence-electron chi connectivity index (χ3n) is 6.58. The number of H-pyrrole nitrogens is 2. The van der Waals surface area contributed by atoms with E-state index in [2.05, 4.69) is 30.6 Å².